The third-order valence-electron chi connectivity index (χ3n) is 2.76. The molecule has 0 spiro atoms. The summed E-state index contributed by atoms with van der Waals surface area (Å²) in [7, 11) is 0. The molecule has 0 bridgehead atoms. The van der Waals surface area contributed by atoms with E-state index < -0.39 is 28.3 Å². The number of carbonyl (C=O) groups excluding carboxylic acids is 1. The van der Waals surface area contributed by atoms with Gasteiger partial charge < -0.3 is 10.4 Å². The molecular weight excluding hydrogens is 284 g/mol. The minimum absolute atomic E-state index is 0.124. The van der Waals surface area contributed by atoms with E-state index in [2.05, 4.69) is 5.32 Å². The number of hydrogen-bond donors (Lipinski definition) is 2. The van der Waals surface area contributed by atoms with Gasteiger partial charge >= 0.3 is 11.0 Å². The lowest BCUT2D eigenvalue weighted by atomic mass is 9.84. The number of rotatable bonds is 5. The van der Waals surface area contributed by atoms with Crippen LogP contribution in [0, 0.1) is 15.5 Å². The van der Waals surface area contributed by atoms with E-state index in [4.69, 9.17) is 5.11 Å². The SMILES string of the molecule is CC(C)(C)C(CC(=O)O)NC(=O)c1csc([N+](=O)[O-])c1. The maximum absolute atomic E-state index is 12.0. The van der Waals surface area contributed by atoms with Crippen LogP contribution in [0.1, 0.15) is 37.6 Å². The van der Waals surface area contributed by atoms with Gasteiger partial charge in [0.15, 0.2) is 0 Å². The first-order valence-electron chi connectivity index (χ1n) is 5.87. The summed E-state index contributed by atoms with van der Waals surface area (Å²) in [6.07, 6.45) is -0.207. The van der Waals surface area contributed by atoms with E-state index in [1.54, 1.807) is 0 Å². The normalized spacial score (nSPS) is 12.8. The molecule has 1 aromatic rings. The quantitative estimate of drug-likeness (QED) is 0.640. The van der Waals surface area contributed by atoms with Gasteiger partial charge in [-0.25, -0.2) is 0 Å². The zero-order chi connectivity index (χ0) is 15.5. The summed E-state index contributed by atoms with van der Waals surface area (Å²) in [5.41, 5.74) is -0.267. The number of nitrogens with zero attached hydrogens (tertiary/aromatic N) is 1. The molecule has 2 N–H and O–H groups in total. The summed E-state index contributed by atoms with van der Waals surface area (Å²) in [4.78, 5) is 32.8. The molecule has 1 rings (SSSR count). The molecule has 1 amide bonds. The van der Waals surface area contributed by atoms with Crippen molar-refractivity contribution >= 4 is 28.2 Å². The first-order chi connectivity index (χ1) is 9.11. The van der Waals surface area contributed by atoms with Crippen LogP contribution < -0.4 is 5.32 Å². The highest BCUT2D eigenvalue weighted by Gasteiger charge is 2.29. The largest absolute Gasteiger partial charge is 0.481 e. The second-order valence-corrected chi connectivity index (χ2v) is 6.31. The van der Waals surface area contributed by atoms with Crippen molar-refractivity contribution in [2.24, 2.45) is 5.41 Å². The number of nitro groups is 1. The van der Waals surface area contributed by atoms with E-state index in [0.29, 0.717) is 0 Å². The number of carbonyl (C=O) groups is 2. The molecule has 0 aliphatic rings. The van der Waals surface area contributed by atoms with Gasteiger partial charge in [-0.3, -0.25) is 19.7 Å². The van der Waals surface area contributed by atoms with Gasteiger partial charge in [-0.15, -0.1) is 0 Å². The Balaban J connectivity index is 2.84. The number of nitrogens with one attached hydrogen (secondary N) is 1. The van der Waals surface area contributed by atoms with Crippen molar-refractivity contribution in [3.8, 4) is 0 Å². The minimum atomic E-state index is -1.01. The lowest BCUT2D eigenvalue weighted by Gasteiger charge is -2.30. The Morgan fingerprint density at radius 3 is 2.50 bits per heavy atom. The first kappa shape index (κ1) is 16.1. The standard InChI is InChI=1S/C12H16N2O5S/c1-12(2,3)8(5-10(15)16)13-11(17)7-4-9(14(18)19)20-6-7/h4,6,8H,5H2,1-3H3,(H,13,17)(H,15,16). The van der Waals surface area contributed by atoms with E-state index in [1.807, 2.05) is 20.8 Å². The van der Waals surface area contributed by atoms with Crippen LogP contribution in [0.5, 0.6) is 0 Å². The molecule has 0 aliphatic carbocycles. The van der Waals surface area contributed by atoms with Gasteiger partial charge in [-0.05, 0) is 5.41 Å². The van der Waals surface area contributed by atoms with Gasteiger partial charge in [0.25, 0.3) is 5.91 Å². The molecule has 20 heavy (non-hydrogen) atoms. The van der Waals surface area contributed by atoms with Gasteiger partial charge in [0.1, 0.15) is 0 Å². The molecule has 0 aromatic carbocycles. The number of thiophene rings is 1. The Bertz CT molecular complexity index is 532. The molecule has 1 heterocycles. The van der Waals surface area contributed by atoms with E-state index >= 15 is 0 Å². The molecule has 0 radical (unpaired) electrons. The summed E-state index contributed by atoms with van der Waals surface area (Å²) in [6, 6.07) is 0.618. The summed E-state index contributed by atoms with van der Waals surface area (Å²) in [5, 5.41) is 23.3. The van der Waals surface area contributed by atoms with Crippen molar-refractivity contribution < 1.29 is 19.6 Å². The summed E-state index contributed by atoms with van der Waals surface area (Å²) >= 11 is 0.858. The zero-order valence-electron chi connectivity index (χ0n) is 11.4. The lowest BCUT2D eigenvalue weighted by Crippen LogP contribution is -2.44. The number of hydrogen-bond acceptors (Lipinski definition) is 5. The van der Waals surface area contributed by atoms with E-state index in [-0.39, 0.29) is 17.0 Å². The number of carboxylic acids is 1. The van der Waals surface area contributed by atoms with Crippen molar-refractivity contribution in [2.45, 2.75) is 33.2 Å². The molecule has 1 unspecified atom stereocenters. The smallest absolute Gasteiger partial charge is 0.324 e. The molecular formula is C12H16N2O5S. The Morgan fingerprint density at radius 2 is 2.10 bits per heavy atom. The summed E-state index contributed by atoms with van der Waals surface area (Å²) in [5.74, 6) is -1.52. The van der Waals surface area contributed by atoms with Crippen molar-refractivity contribution in [2.75, 3.05) is 0 Å². The monoisotopic (exact) mass is 300 g/mol. The fourth-order valence-electron chi connectivity index (χ4n) is 1.53. The van der Waals surface area contributed by atoms with Crippen LogP contribution in [-0.4, -0.2) is 27.9 Å². The second-order valence-electron chi connectivity index (χ2n) is 5.42. The average molecular weight is 300 g/mol. The topological polar surface area (TPSA) is 110 Å². The van der Waals surface area contributed by atoms with Crippen molar-refractivity contribution in [1.82, 2.24) is 5.32 Å². The lowest BCUT2D eigenvalue weighted by molar-refractivity contribution is -0.380. The third-order valence-corrected chi connectivity index (χ3v) is 3.64. The van der Waals surface area contributed by atoms with Crippen LogP contribution in [0.2, 0.25) is 0 Å². The Hall–Kier alpha value is -1.96. The van der Waals surface area contributed by atoms with E-state index in [1.165, 1.54) is 11.4 Å². The minimum Gasteiger partial charge on any atom is -0.481 e. The maximum Gasteiger partial charge on any atom is 0.324 e. The second kappa shape index (κ2) is 6.00. The first-order valence-corrected chi connectivity index (χ1v) is 6.75. The molecule has 0 saturated carbocycles. The predicted octanol–water partition coefficient (Wildman–Crippen LogP) is 2.28. The Kier molecular flexibility index (Phi) is 4.83. The van der Waals surface area contributed by atoms with Gasteiger partial charge in [0.2, 0.25) is 0 Å². The Morgan fingerprint density at radius 1 is 1.50 bits per heavy atom. The molecule has 1 atom stereocenters. The van der Waals surface area contributed by atoms with Gasteiger partial charge in [-0.2, -0.15) is 0 Å². The van der Waals surface area contributed by atoms with E-state index in [0.717, 1.165) is 11.3 Å². The van der Waals surface area contributed by atoms with Gasteiger partial charge in [0.05, 0.1) is 16.9 Å². The molecule has 0 aliphatic heterocycles. The summed E-state index contributed by atoms with van der Waals surface area (Å²) < 4.78 is 0. The average Bonchev–Trinajstić information content (AvgIpc) is 2.75. The highest BCUT2D eigenvalue weighted by molar-refractivity contribution is 7.13. The molecule has 8 heteroatoms. The van der Waals surface area contributed by atoms with Crippen molar-refractivity contribution in [3.63, 3.8) is 0 Å². The van der Waals surface area contributed by atoms with Crippen LogP contribution in [0.4, 0.5) is 5.00 Å². The van der Waals surface area contributed by atoms with Crippen LogP contribution in [0.3, 0.4) is 0 Å². The molecule has 0 fully saturated rings. The van der Waals surface area contributed by atoms with Crippen LogP contribution in [0.15, 0.2) is 11.4 Å². The highest BCUT2D eigenvalue weighted by Crippen LogP contribution is 2.25. The number of aliphatic carboxylic acids is 1. The van der Waals surface area contributed by atoms with Gasteiger partial charge in [-0.1, -0.05) is 32.1 Å². The van der Waals surface area contributed by atoms with Crippen molar-refractivity contribution in [1.29, 1.82) is 0 Å². The zero-order valence-corrected chi connectivity index (χ0v) is 12.2. The van der Waals surface area contributed by atoms with E-state index in [9.17, 15) is 19.7 Å². The predicted molar refractivity (Wildman–Crippen MR) is 73.9 cm³/mol. The molecule has 1 aromatic heterocycles. The fourth-order valence-corrected chi connectivity index (χ4v) is 2.23. The molecule has 0 saturated heterocycles. The molecule has 110 valence electrons. The van der Waals surface area contributed by atoms with Crippen LogP contribution >= 0.6 is 11.3 Å². The fraction of sp³-hybridized carbons (Fsp3) is 0.500. The van der Waals surface area contributed by atoms with Crippen LogP contribution in [-0.2, 0) is 4.79 Å². The van der Waals surface area contributed by atoms with Crippen LogP contribution in [0.25, 0.3) is 0 Å². The van der Waals surface area contributed by atoms with Gasteiger partial charge in [0, 0.05) is 17.5 Å². The number of amides is 1. The third kappa shape index (κ3) is 4.30. The maximum atomic E-state index is 12.0. The van der Waals surface area contributed by atoms with Crippen molar-refractivity contribution in [3.05, 3.63) is 27.1 Å². The number of carboxylic acid groups (broad SMARTS) is 1. The highest BCUT2D eigenvalue weighted by atomic mass is 32.1. The Labute approximate surface area is 119 Å². The summed E-state index contributed by atoms with van der Waals surface area (Å²) in [6.45, 7) is 5.45. The molecule has 7 nitrogen and oxygen atoms in total.